The average molecular weight is 392 g/mol. The second-order valence-electron chi connectivity index (χ2n) is 6.31. The van der Waals surface area contributed by atoms with E-state index >= 15 is 0 Å². The summed E-state index contributed by atoms with van der Waals surface area (Å²) in [5.74, 6) is 0.800. The van der Waals surface area contributed by atoms with Crippen molar-refractivity contribution in [2.45, 2.75) is 6.04 Å². The molecule has 0 fully saturated rings. The maximum atomic E-state index is 12.8. The van der Waals surface area contributed by atoms with Crippen LogP contribution in [0, 0.1) is 0 Å². The number of benzene rings is 2. The van der Waals surface area contributed by atoms with Gasteiger partial charge < -0.3 is 9.88 Å². The van der Waals surface area contributed by atoms with Crippen LogP contribution in [0.25, 0.3) is 5.69 Å². The van der Waals surface area contributed by atoms with Crippen LogP contribution in [-0.4, -0.2) is 19.3 Å². The molecule has 0 saturated heterocycles. The Morgan fingerprint density at radius 3 is 2.36 bits per heavy atom. The van der Waals surface area contributed by atoms with E-state index in [1.54, 1.807) is 24.5 Å². The standard InChI is InChI=1S/C21H18ClN5O/c1-26-13-12-23-20(26)19(15-8-4-2-5-9-15)25-17-14-24-27(21(28)18(17)22)16-10-6-3-7-11-16/h2-14,19,25H,1H3/t19-/m1/s1. The van der Waals surface area contributed by atoms with Gasteiger partial charge in [-0.05, 0) is 17.7 Å². The second-order valence-corrected chi connectivity index (χ2v) is 6.69. The monoisotopic (exact) mass is 391 g/mol. The zero-order valence-corrected chi connectivity index (χ0v) is 15.9. The van der Waals surface area contributed by atoms with Gasteiger partial charge >= 0.3 is 0 Å². The third-order valence-corrected chi connectivity index (χ3v) is 4.83. The maximum Gasteiger partial charge on any atom is 0.292 e. The number of hydrogen-bond acceptors (Lipinski definition) is 4. The van der Waals surface area contributed by atoms with Gasteiger partial charge in [0, 0.05) is 19.4 Å². The summed E-state index contributed by atoms with van der Waals surface area (Å²) in [4.78, 5) is 17.2. The summed E-state index contributed by atoms with van der Waals surface area (Å²) < 4.78 is 3.21. The Hall–Kier alpha value is -3.38. The minimum Gasteiger partial charge on any atom is -0.369 e. The predicted octanol–water partition coefficient (Wildman–Crippen LogP) is 3.82. The van der Waals surface area contributed by atoms with E-state index in [9.17, 15) is 4.79 Å². The molecule has 7 heteroatoms. The van der Waals surface area contributed by atoms with Crippen LogP contribution in [0.5, 0.6) is 0 Å². The number of nitrogens with one attached hydrogen (secondary N) is 1. The molecular formula is C21H18ClN5O. The molecule has 4 rings (SSSR count). The van der Waals surface area contributed by atoms with Crippen molar-refractivity contribution in [1.29, 1.82) is 0 Å². The summed E-state index contributed by atoms with van der Waals surface area (Å²) in [6.07, 6.45) is 5.18. The van der Waals surface area contributed by atoms with Crippen molar-refractivity contribution >= 4 is 17.3 Å². The Bertz CT molecular complexity index is 1140. The Labute approximate surface area is 167 Å². The first-order valence-electron chi connectivity index (χ1n) is 8.77. The fourth-order valence-electron chi connectivity index (χ4n) is 3.04. The summed E-state index contributed by atoms with van der Waals surface area (Å²) in [6, 6.07) is 18.8. The van der Waals surface area contributed by atoms with Crippen LogP contribution in [0.1, 0.15) is 17.4 Å². The van der Waals surface area contributed by atoms with Crippen molar-refractivity contribution in [2.75, 3.05) is 5.32 Å². The molecule has 0 saturated carbocycles. The minimum absolute atomic E-state index is 0.0778. The topological polar surface area (TPSA) is 64.7 Å². The molecule has 28 heavy (non-hydrogen) atoms. The van der Waals surface area contributed by atoms with Gasteiger partial charge in [0.2, 0.25) is 0 Å². The lowest BCUT2D eigenvalue weighted by Crippen LogP contribution is -2.24. The first-order chi connectivity index (χ1) is 13.6. The summed E-state index contributed by atoms with van der Waals surface area (Å²) in [7, 11) is 1.92. The molecule has 2 aromatic heterocycles. The number of aromatic nitrogens is 4. The fraction of sp³-hybridized carbons (Fsp3) is 0.0952. The molecule has 140 valence electrons. The van der Waals surface area contributed by atoms with E-state index in [2.05, 4.69) is 15.4 Å². The van der Waals surface area contributed by atoms with Crippen molar-refractivity contribution in [2.24, 2.45) is 7.05 Å². The third kappa shape index (κ3) is 3.42. The van der Waals surface area contributed by atoms with Gasteiger partial charge in [0.1, 0.15) is 16.9 Å². The number of anilines is 1. The molecule has 0 unspecified atom stereocenters. The van der Waals surface area contributed by atoms with Gasteiger partial charge in [-0.2, -0.15) is 9.78 Å². The molecule has 0 radical (unpaired) electrons. The van der Waals surface area contributed by atoms with Crippen LogP contribution in [0.4, 0.5) is 5.69 Å². The Morgan fingerprint density at radius 1 is 1.04 bits per heavy atom. The smallest absolute Gasteiger partial charge is 0.292 e. The molecule has 0 aliphatic carbocycles. The minimum atomic E-state index is -0.385. The van der Waals surface area contributed by atoms with Gasteiger partial charge in [-0.25, -0.2) is 4.98 Å². The Kier molecular flexibility index (Phi) is 4.95. The molecule has 1 atom stereocenters. The van der Waals surface area contributed by atoms with Crippen LogP contribution >= 0.6 is 11.6 Å². The number of imidazole rings is 1. The van der Waals surface area contributed by atoms with Crippen molar-refractivity contribution < 1.29 is 0 Å². The largest absolute Gasteiger partial charge is 0.369 e. The van der Waals surface area contributed by atoms with Crippen LogP contribution in [-0.2, 0) is 7.05 Å². The molecule has 4 aromatic rings. The van der Waals surface area contributed by atoms with Crippen molar-refractivity contribution in [3.05, 3.63) is 106 Å². The predicted molar refractivity (Wildman–Crippen MR) is 110 cm³/mol. The van der Waals surface area contributed by atoms with Gasteiger partial charge in [-0.3, -0.25) is 4.79 Å². The van der Waals surface area contributed by atoms with E-state index in [0.717, 1.165) is 11.4 Å². The Balaban J connectivity index is 1.75. The maximum absolute atomic E-state index is 12.8. The lowest BCUT2D eigenvalue weighted by molar-refractivity contribution is 0.743. The molecule has 0 bridgehead atoms. The third-order valence-electron chi connectivity index (χ3n) is 4.47. The molecule has 2 aromatic carbocycles. The summed E-state index contributed by atoms with van der Waals surface area (Å²) in [5.41, 5.74) is 1.73. The van der Waals surface area contributed by atoms with Crippen LogP contribution in [0.15, 0.2) is 84.0 Å². The highest BCUT2D eigenvalue weighted by Crippen LogP contribution is 2.27. The highest BCUT2D eigenvalue weighted by molar-refractivity contribution is 6.33. The molecule has 1 N–H and O–H groups in total. The SMILES string of the molecule is Cn1ccnc1[C@H](Nc1cnn(-c2ccccc2)c(=O)c1Cl)c1ccccc1. The van der Waals surface area contributed by atoms with E-state index in [0.29, 0.717) is 11.4 Å². The second kappa shape index (κ2) is 7.70. The van der Waals surface area contributed by atoms with E-state index in [1.807, 2.05) is 66.3 Å². The zero-order chi connectivity index (χ0) is 19.5. The van der Waals surface area contributed by atoms with Gasteiger partial charge in [-0.1, -0.05) is 60.1 Å². The highest BCUT2D eigenvalue weighted by Gasteiger charge is 2.21. The summed E-state index contributed by atoms with van der Waals surface area (Å²) >= 11 is 6.42. The van der Waals surface area contributed by atoms with E-state index in [1.165, 1.54) is 4.68 Å². The van der Waals surface area contributed by atoms with Crippen molar-refractivity contribution in [3.63, 3.8) is 0 Å². The normalized spacial score (nSPS) is 11.9. The van der Waals surface area contributed by atoms with Crippen LogP contribution < -0.4 is 10.9 Å². The molecule has 0 aliphatic heterocycles. The van der Waals surface area contributed by atoms with Gasteiger partial charge in [0.25, 0.3) is 5.56 Å². The number of halogens is 1. The van der Waals surface area contributed by atoms with E-state index in [4.69, 9.17) is 11.6 Å². The number of aryl methyl sites for hydroxylation is 1. The molecule has 0 spiro atoms. The Morgan fingerprint density at radius 2 is 1.71 bits per heavy atom. The number of hydrogen-bond donors (Lipinski definition) is 1. The quantitative estimate of drug-likeness (QED) is 0.561. The lowest BCUT2D eigenvalue weighted by Gasteiger charge is -2.21. The zero-order valence-electron chi connectivity index (χ0n) is 15.2. The van der Waals surface area contributed by atoms with E-state index in [-0.39, 0.29) is 16.6 Å². The first-order valence-corrected chi connectivity index (χ1v) is 9.15. The molecule has 0 amide bonds. The summed E-state index contributed by atoms with van der Waals surface area (Å²) in [6.45, 7) is 0. The van der Waals surface area contributed by atoms with Crippen molar-refractivity contribution in [3.8, 4) is 5.69 Å². The van der Waals surface area contributed by atoms with Crippen LogP contribution in [0.3, 0.4) is 0 Å². The first kappa shape index (κ1) is 18.0. The van der Waals surface area contributed by atoms with Gasteiger partial charge in [-0.15, -0.1) is 0 Å². The average Bonchev–Trinajstić information content (AvgIpc) is 3.16. The van der Waals surface area contributed by atoms with Crippen LogP contribution in [0.2, 0.25) is 5.02 Å². The van der Waals surface area contributed by atoms with E-state index < -0.39 is 0 Å². The highest BCUT2D eigenvalue weighted by atomic mass is 35.5. The van der Waals surface area contributed by atoms with Gasteiger partial charge in [0.05, 0.1) is 17.6 Å². The number of nitrogens with zero attached hydrogens (tertiary/aromatic N) is 4. The fourth-order valence-corrected chi connectivity index (χ4v) is 3.22. The lowest BCUT2D eigenvalue weighted by atomic mass is 10.1. The summed E-state index contributed by atoms with van der Waals surface area (Å²) in [5, 5.41) is 7.70. The number of rotatable bonds is 5. The molecule has 6 nitrogen and oxygen atoms in total. The van der Waals surface area contributed by atoms with Gasteiger partial charge in [0.15, 0.2) is 0 Å². The van der Waals surface area contributed by atoms with Crippen molar-refractivity contribution in [1.82, 2.24) is 19.3 Å². The molecular weight excluding hydrogens is 374 g/mol. The molecule has 2 heterocycles. The molecule has 0 aliphatic rings. The number of para-hydroxylation sites is 1.